The van der Waals surface area contributed by atoms with Gasteiger partial charge in [-0.05, 0) is 30.5 Å². The van der Waals surface area contributed by atoms with Crippen molar-refractivity contribution in [3.63, 3.8) is 0 Å². The summed E-state index contributed by atoms with van der Waals surface area (Å²) in [4.78, 5) is 24.5. The molecule has 7 heteroatoms. The minimum atomic E-state index is -0.190. The Labute approximate surface area is 210 Å². The molecule has 4 aromatic rings. The van der Waals surface area contributed by atoms with Crippen LogP contribution in [0, 0.1) is 0 Å². The summed E-state index contributed by atoms with van der Waals surface area (Å²) >= 11 is 1.64. The fourth-order valence-corrected chi connectivity index (χ4v) is 5.85. The lowest BCUT2D eigenvalue weighted by atomic mass is 9.70. The van der Waals surface area contributed by atoms with Crippen molar-refractivity contribution in [2.75, 3.05) is 18.4 Å². The molecule has 6 nitrogen and oxygen atoms in total. The molecule has 0 saturated carbocycles. The first-order valence-corrected chi connectivity index (χ1v) is 13.2. The second kappa shape index (κ2) is 10.4. The number of benzene rings is 2. The van der Waals surface area contributed by atoms with E-state index in [0.29, 0.717) is 13.0 Å². The van der Waals surface area contributed by atoms with Crippen LogP contribution in [0.5, 0.6) is 0 Å². The average Bonchev–Trinajstić information content (AvgIpc) is 3.58. The van der Waals surface area contributed by atoms with Gasteiger partial charge in [0.2, 0.25) is 5.91 Å². The Morgan fingerprint density at radius 2 is 1.77 bits per heavy atom. The highest BCUT2D eigenvalue weighted by Crippen LogP contribution is 2.43. The van der Waals surface area contributed by atoms with Gasteiger partial charge in [-0.15, -0.1) is 11.3 Å². The zero-order valence-electron chi connectivity index (χ0n) is 20.1. The highest BCUT2D eigenvalue weighted by Gasteiger charge is 2.40. The van der Waals surface area contributed by atoms with Crippen molar-refractivity contribution in [1.82, 2.24) is 19.4 Å². The molecule has 35 heavy (non-hydrogen) atoms. The normalized spacial score (nSPS) is 15.2. The SMILES string of the molecule is CCc1nccn1CCC(=O)N1CCC(c2ccccc2)(c2csc(Nc3ccccc3)n2)CC1. The second-order valence-corrected chi connectivity index (χ2v) is 9.86. The average molecular weight is 486 g/mol. The molecule has 1 amide bonds. The van der Waals surface area contributed by atoms with Gasteiger partial charge in [-0.2, -0.15) is 0 Å². The number of amides is 1. The first-order chi connectivity index (χ1) is 17.2. The number of nitrogens with zero attached hydrogens (tertiary/aromatic N) is 4. The molecule has 5 rings (SSSR count). The van der Waals surface area contributed by atoms with Crippen LogP contribution in [-0.2, 0) is 23.2 Å². The number of likely N-dealkylation sites (tertiary alicyclic amines) is 1. The van der Waals surface area contributed by atoms with Gasteiger partial charge in [0.05, 0.1) is 5.69 Å². The van der Waals surface area contributed by atoms with Crippen molar-refractivity contribution in [2.24, 2.45) is 0 Å². The predicted octanol–water partition coefficient (Wildman–Crippen LogP) is 5.64. The van der Waals surface area contributed by atoms with Gasteiger partial charge in [0, 0.05) is 61.4 Å². The van der Waals surface area contributed by atoms with Gasteiger partial charge in [-0.25, -0.2) is 9.97 Å². The number of anilines is 2. The van der Waals surface area contributed by atoms with Gasteiger partial charge in [0.25, 0.3) is 0 Å². The Kier molecular flexibility index (Phi) is 6.95. The van der Waals surface area contributed by atoms with E-state index >= 15 is 0 Å². The van der Waals surface area contributed by atoms with E-state index in [0.717, 1.165) is 54.7 Å². The smallest absolute Gasteiger partial charge is 0.224 e. The molecule has 3 heterocycles. The number of aromatic nitrogens is 3. The van der Waals surface area contributed by atoms with E-state index in [-0.39, 0.29) is 11.3 Å². The lowest BCUT2D eigenvalue weighted by molar-refractivity contribution is -0.132. The molecule has 0 unspecified atom stereocenters. The number of para-hydroxylation sites is 1. The molecule has 1 fully saturated rings. The van der Waals surface area contributed by atoms with Crippen molar-refractivity contribution >= 4 is 28.1 Å². The van der Waals surface area contributed by atoms with Gasteiger partial charge in [0.1, 0.15) is 5.82 Å². The molecule has 2 aromatic heterocycles. The number of carbonyl (C=O) groups is 1. The zero-order chi connectivity index (χ0) is 24.1. The fourth-order valence-electron chi connectivity index (χ4n) is 5.02. The minimum absolute atomic E-state index is 0.190. The molecule has 180 valence electrons. The van der Waals surface area contributed by atoms with E-state index in [9.17, 15) is 4.79 Å². The van der Waals surface area contributed by atoms with Crippen LogP contribution in [-0.4, -0.2) is 38.4 Å². The second-order valence-electron chi connectivity index (χ2n) is 9.00. The molecule has 0 spiro atoms. The Bertz CT molecular complexity index is 1240. The largest absolute Gasteiger partial charge is 0.343 e. The maximum absolute atomic E-state index is 13.1. The third kappa shape index (κ3) is 5.00. The minimum Gasteiger partial charge on any atom is -0.343 e. The number of aryl methyl sites for hydroxylation is 2. The molecular formula is C28H31N5OS. The topological polar surface area (TPSA) is 63.1 Å². The third-order valence-corrected chi connectivity index (χ3v) is 7.76. The molecule has 0 bridgehead atoms. The van der Waals surface area contributed by atoms with Crippen LogP contribution in [0.25, 0.3) is 0 Å². The summed E-state index contributed by atoms with van der Waals surface area (Å²) in [6.07, 6.45) is 6.88. The van der Waals surface area contributed by atoms with Gasteiger partial charge in [-0.1, -0.05) is 55.5 Å². The lowest BCUT2D eigenvalue weighted by Gasteiger charge is -2.41. The van der Waals surface area contributed by atoms with Crippen LogP contribution in [0.2, 0.25) is 0 Å². The predicted molar refractivity (Wildman–Crippen MR) is 141 cm³/mol. The van der Waals surface area contributed by atoms with Gasteiger partial charge < -0.3 is 14.8 Å². The summed E-state index contributed by atoms with van der Waals surface area (Å²) in [5, 5.41) is 6.51. The van der Waals surface area contributed by atoms with E-state index in [1.807, 2.05) is 47.6 Å². The molecule has 0 aliphatic carbocycles. The zero-order valence-corrected chi connectivity index (χ0v) is 20.9. The van der Waals surface area contributed by atoms with E-state index in [2.05, 4.69) is 57.5 Å². The van der Waals surface area contributed by atoms with Crippen LogP contribution < -0.4 is 5.32 Å². The maximum Gasteiger partial charge on any atom is 0.224 e. The van der Waals surface area contributed by atoms with Crippen molar-refractivity contribution < 1.29 is 4.79 Å². The molecular weight excluding hydrogens is 454 g/mol. The van der Waals surface area contributed by atoms with Crippen molar-refractivity contribution in [1.29, 1.82) is 0 Å². The highest BCUT2D eigenvalue weighted by molar-refractivity contribution is 7.13. The van der Waals surface area contributed by atoms with E-state index in [1.54, 1.807) is 11.3 Å². The standard InChI is InChI=1S/C28H31N5OS/c1-2-25-29-16-20-32(25)17-13-26(34)33-18-14-28(15-19-33,22-9-5-3-6-10-22)24-21-35-27(31-24)30-23-11-7-4-8-12-23/h3-12,16,20-21H,2,13-15,17-19H2,1H3,(H,30,31). The van der Waals surface area contributed by atoms with Gasteiger partial charge >= 0.3 is 0 Å². The maximum atomic E-state index is 13.1. The number of thiazole rings is 1. The lowest BCUT2D eigenvalue weighted by Crippen LogP contribution is -2.46. The first-order valence-electron chi connectivity index (χ1n) is 12.3. The van der Waals surface area contributed by atoms with E-state index < -0.39 is 0 Å². The molecule has 1 N–H and O–H groups in total. The number of hydrogen-bond acceptors (Lipinski definition) is 5. The summed E-state index contributed by atoms with van der Waals surface area (Å²) in [6.45, 7) is 4.24. The number of rotatable bonds is 8. The monoisotopic (exact) mass is 485 g/mol. The molecule has 2 aromatic carbocycles. The van der Waals surface area contributed by atoms with Crippen LogP contribution >= 0.6 is 11.3 Å². The Morgan fingerprint density at radius 3 is 2.49 bits per heavy atom. The number of imidazole rings is 1. The summed E-state index contributed by atoms with van der Waals surface area (Å²) in [7, 11) is 0. The summed E-state index contributed by atoms with van der Waals surface area (Å²) in [6, 6.07) is 20.8. The van der Waals surface area contributed by atoms with Crippen LogP contribution in [0.3, 0.4) is 0 Å². The first kappa shape index (κ1) is 23.3. The Morgan fingerprint density at radius 1 is 1.06 bits per heavy atom. The number of nitrogens with one attached hydrogen (secondary N) is 1. The van der Waals surface area contributed by atoms with Crippen molar-refractivity contribution in [3.05, 3.63) is 95.5 Å². The number of hydrogen-bond donors (Lipinski definition) is 1. The molecule has 0 radical (unpaired) electrons. The Balaban J connectivity index is 1.31. The number of piperidine rings is 1. The van der Waals surface area contributed by atoms with Crippen LogP contribution in [0.15, 0.2) is 78.4 Å². The van der Waals surface area contributed by atoms with Crippen molar-refractivity contribution in [3.8, 4) is 0 Å². The van der Waals surface area contributed by atoms with Crippen LogP contribution in [0.1, 0.15) is 43.3 Å². The van der Waals surface area contributed by atoms with Crippen molar-refractivity contribution in [2.45, 2.75) is 44.6 Å². The van der Waals surface area contributed by atoms with Crippen LogP contribution in [0.4, 0.5) is 10.8 Å². The van der Waals surface area contributed by atoms with Gasteiger partial charge in [-0.3, -0.25) is 4.79 Å². The van der Waals surface area contributed by atoms with E-state index in [4.69, 9.17) is 4.98 Å². The highest BCUT2D eigenvalue weighted by atomic mass is 32.1. The molecule has 1 aliphatic rings. The summed E-state index contributed by atoms with van der Waals surface area (Å²) < 4.78 is 2.09. The molecule has 1 saturated heterocycles. The summed E-state index contributed by atoms with van der Waals surface area (Å²) in [5.74, 6) is 1.25. The molecule has 1 aliphatic heterocycles. The number of carbonyl (C=O) groups excluding carboxylic acids is 1. The summed E-state index contributed by atoms with van der Waals surface area (Å²) in [5.41, 5.74) is 3.21. The third-order valence-electron chi connectivity index (χ3n) is 7.00. The van der Waals surface area contributed by atoms with E-state index in [1.165, 1.54) is 5.56 Å². The molecule has 0 atom stereocenters. The van der Waals surface area contributed by atoms with Gasteiger partial charge in [0.15, 0.2) is 5.13 Å². The quantitative estimate of drug-likeness (QED) is 0.351. The fraction of sp³-hybridized carbons (Fsp3) is 0.321. The Hall–Kier alpha value is -3.45.